The highest BCUT2D eigenvalue weighted by Crippen LogP contribution is 2.27. The van der Waals surface area contributed by atoms with Crippen LogP contribution in [0.25, 0.3) is 0 Å². The minimum Gasteiger partial charge on any atom is -0.469 e. The van der Waals surface area contributed by atoms with Crippen LogP contribution in [0.4, 0.5) is 5.69 Å². The van der Waals surface area contributed by atoms with Gasteiger partial charge < -0.3 is 9.46 Å². The first-order chi connectivity index (χ1) is 8.01. The van der Waals surface area contributed by atoms with Crippen LogP contribution in [0.2, 0.25) is 0 Å². The van der Waals surface area contributed by atoms with Crippen molar-refractivity contribution in [3.63, 3.8) is 0 Å². The zero-order valence-corrected chi connectivity index (χ0v) is 11.8. The Bertz CT molecular complexity index is 430. The van der Waals surface area contributed by atoms with Gasteiger partial charge in [-0.25, -0.2) is 0 Å². The second-order valence-corrected chi connectivity index (χ2v) is 4.64. The number of methoxy groups -OCH3 is 1. The molecule has 0 heterocycles. The molecule has 0 aliphatic rings. The van der Waals surface area contributed by atoms with E-state index in [2.05, 4.69) is 17.7 Å². The third-order valence-electron chi connectivity index (χ3n) is 3.02. The number of esters is 1. The molecule has 0 aromatic heterocycles. The largest absolute Gasteiger partial charge is 0.469 e. The van der Waals surface area contributed by atoms with Crippen molar-refractivity contribution in [3.8, 4) is 0 Å². The molecule has 0 saturated heterocycles. The van der Waals surface area contributed by atoms with Crippen LogP contribution in [0.3, 0.4) is 0 Å². The summed E-state index contributed by atoms with van der Waals surface area (Å²) >= 11 is 1.55. The summed E-state index contributed by atoms with van der Waals surface area (Å²) in [6, 6.07) is 2.11. The number of benzene rings is 1. The molecule has 1 N–H and O–H groups in total. The molecule has 0 fully saturated rings. The van der Waals surface area contributed by atoms with Crippen molar-refractivity contribution in [2.75, 3.05) is 18.1 Å². The van der Waals surface area contributed by atoms with E-state index in [4.69, 9.17) is 4.74 Å². The summed E-state index contributed by atoms with van der Waals surface area (Å²) in [6.07, 6.45) is 2.31. The van der Waals surface area contributed by atoms with Crippen molar-refractivity contribution in [1.82, 2.24) is 0 Å². The molecule has 0 spiro atoms. The van der Waals surface area contributed by atoms with Crippen molar-refractivity contribution in [2.45, 2.75) is 27.2 Å². The van der Waals surface area contributed by atoms with Crippen LogP contribution in [-0.4, -0.2) is 19.3 Å². The summed E-state index contributed by atoms with van der Waals surface area (Å²) in [5, 5.41) is 0. The van der Waals surface area contributed by atoms with Crippen LogP contribution in [0, 0.1) is 20.8 Å². The van der Waals surface area contributed by atoms with E-state index in [-0.39, 0.29) is 5.97 Å². The molecule has 3 nitrogen and oxygen atoms in total. The first-order valence-corrected chi connectivity index (χ1v) is 6.69. The van der Waals surface area contributed by atoms with Crippen LogP contribution >= 0.6 is 11.9 Å². The number of aryl methyl sites for hydroxylation is 1. The highest BCUT2D eigenvalue weighted by molar-refractivity contribution is 7.99. The lowest BCUT2D eigenvalue weighted by molar-refractivity contribution is -0.139. The predicted molar refractivity (Wildman–Crippen MR) is 73.5 cm³/mol. The maximum absolute atomic E-state index is 11.4. The molecule has 1 aromatic rings. The monoisotopic (exact) mass is 253 g/mol. The lowest BCUT2D eigenvalue weighted by Crippen LogP contribution is -2.09. The fraction of sp³-hybridized carbons (Fsp3) is 0.462. The number of carbonyl (C=O) groups is 1. The number of nitrogens with one attached hydrogen (secondary N) is 1. The van der Waals surface area contributed by atoms with Crippen LogP contribution < -0.4 is 4.72 Å². The zero-order chi connectivity index (χ0) is 13.0. The fourth-order valence-electron chi connectivity index (χ4n) is 1.81. The Balaban J connectivity index is 3.21. The van der Waals surface area contributed by atoms with Crippen molar-refractivity contribution in [2.24, 2.45) is 0 Å². The van der Waals surface area contributed by atoms with Gasteiger partial charge in [0.05, 0.1) is 13.5 Å². The van der Waals surface area contributed by atoms with Gasteiger partial charge in [0.2, 0.25) is 0 Å². The fourth-order valence-corrected chi connectivity index (χ4v) is 2.24. The number of rotatable bonds is 4. The van der Waals surface area contributed by atoms with Gasteiger partial charge in [-0.15, -0.1) is 0 Å². The van der Waals surface area contributed by atoms with E-state index >= 15 is 0 Å². The minimum absolute atomic E-state index is 0.197. The Morgan fingerprint density at radius 3 is 2.53 bits per heavy atom. The number of hydrogen-bond donors (Lipinski definition) is 1. The summed E-state index contributed by atoms with van der Waals surface area (Å²) in [6.45, 7) is 6.13. The molecule has 0 aliphatic carbocycles. The molecule has 0 unspecified atom stereocenters. The minimum atomic E-state index is -0.197. The Morgan fingerprint density at radius 1 is 1.35 bits per heavy atom. The Labute approximate surface area is 107 Å². The van der Waals surface area contributed by atoms with E-state index in [1.165, 1.54) is 18.2 Å². The normalized spacial score (nSPS) is 10.2. The topological polar surface area (TPSA) is 38.3 Å². The summed E-state index contributed by atoms with van der Waals surface area (Å²) in [7, 11) is 1.42. The van der Waals surface area contributed by atoms with Gasteiger partial charge in [0.25, 0.3) is 0 Å². The Morgan fingerprint density at radius 2 is 2.00 bits per heavy atom. The van der Waals surface area contributed by atoms with Gasteiger partial charge in [-0.2, -0.15) is 0 Å². The molecule has 0 amide bonds. The molecule has 1 rings (SSSR count). The standard InChI is InChI=1S/C13H19NO2S/c1-8-6-12(14-17-5)10(3)11(9(8)2)7-13(15)16-4/h6,14H,7H2,1-5H3. The molecule has 0 saturated carbocycles. The van der Waals surface area contributed by atoms with Gasteiger partial charge >= 0.3 is 5.97 Å². The van der Waals surface area contributed by atoms with Gasteiger partial charge in [-0.1, -0.05) is 11.9 Å². The first kappa shape index (κ1) is 13.9. The van der Waals surface area contributed by atoms with E-state index in [0.29, 0.717) is 6.42 Å². The molecular weight excluding hydrogens is 234 g/mol. The molecule has 94 valence electrons. The molecule has 4 heteroatoms. The summed E-state index contributed by atoms with van der Waals surface area (Å²) < 4.78 is 7.98. The van der Waals surface area contributed by atoms with Gasteiger partial charge in [-0.05, 0) is 49.1 Å². The molecule has 0 aliphatic heterocycles. The second kappa shape index (κ2) is 5.96. The molecule has 0 bridgehead atoms. The van der Waals surface area contributed by atoms with Crippen LogP contribution in [0.1, 0.15) is 22.3 Å². The van der Waals surface area contributed by atoms with Gasteiger partial charge in [0.15, 0.2) is 0 Å². The molecular formula is C13H19NO2S. The SMILES string of the molecule is COC(=O)Cc1c(C)c(C)cc(NSC)c1C. The average molecular weight is 253 g/mol. The average Bonchev–Trinajstić information content (AvgIpc) is 2.31. The molecule has 0 atom stereocenters. The van der Waals surface area contributed by atoms with Crippen LogP contribution in [-0.2, 0) is 16.0 Å². The van der Waals surface area contributed by atoms with Crippen molar-refractivity contribution in [3.05, 3.63) is 28.3 Å². The van der Waals surface area contributed by atoms with E-state index in [1.54, 1.807) is 11.9 Å². The highest BCUT2D eigenvalue weighted by Gasteiger charge is 2.13. The number of ether oxygens (including phenoxy) is 1. The zero-order valence-electron chi connectivity index (χ0n) is 11.0. The third-order valence-corrected chi connectivity index (χ3v) is 3.45. The molecule has 1 aromatic carbocycles. The van der Waals surface area contributed by atoms with Gasteiger partial charge in [-0.3, -0.25) is 4.79 Å². The first-order valence-electron chi connectivity index (χ1n) is 5.46. The Kier molecular flexibility index (Phi) is 4.87. The quantitative estimate of drug-likeness (QED) is 0.661. The third kappa shape index (κ3) is 3.16. The maximum atomic E-state index is 11.4. The second-order valence-electron chi connectivity index (χ2n) is 4.03. The lowest BCUT2D eigenvalue weighted by Gasteiger charge is -2.16. The lowest BCUT2D eigenvalue weighted by atomic mass is 9.94. The highest BCUT2D eigenvalue weighted by atomic mass is 32.2. The van der Waals surface area contributed by atoms with Crippen molar-refractivity contribution >= 4 is 23.6 Å². The number of hydrogen-bond acceptors (Lipinski definition) is 4. The number of anilines is 1. The van der Waals surface area contributed by atoms with Crippen molar-refractivity contribution < 1.29 is 9.53 Å². The molecule has 0 radical (unpaired) electrons. The maximum Gasteiger partial charge on any atom is 0.309 e. The summed E-state index contributed by atoms with van der Waals surface area (Å²) in [5.41, 5.74) is 5.60. The summed E-state index contributed by atoms with van der Waals surface area (Å²) in [5.74, 6) is -0.197. The van der Waals surface area contributed by atoms with E-state index in [1.807, 2.05) is 20.1 Å². The van der Waals surface area contributed by atoms with E-state index in [0.717, 1.165) is 16.8 Å². The van der Waals surface area contributed by atoms with E-state index < -0.39 is 0 Å². The van der Waals surface area contributed by atoms with Crippen molar-refractivity contribution in [1.29, 1.82) is 0 Å². The number of carbonyl (C=O) groups excluding carboxylic acids is 1. The van der Waals surface area contributed by atoms with Gasteiger partial charge in [0, 0.05) is 11.9 Å². The summed E-state index contributed by atoms with van der Waals surface area (Å²) in [4.78, 5) is 11.4. The van der Waals surface area contributed by atoms with Crippen LogP contribution in [0.15, 0.2) is 6.07 Å². The smallest absolute Gasteiger partial charge is 0.309 e. The van der Waals surface area contributed by atoms with Gasteiger partial charge in [0.1, 0.15) is 0 Å². The van der Waals surface area contributed by atoms with E-state index in [9.17, 15) is 4.79 Å². The Hall–Kier alpha value is -1.16. The van der Waals surface area contributed by atoms with Crippen LogP contribution in [0.5, 0.6) is 0 Å². The molecule has 17 heavy (non-hydrogen) atoms. The predicted octanol–water partition coefficient (Wildman–Crippen LogP) is 3.02.